The Morgan fingerprint density at radius 1 is 1.43 bits per heavy atom. The van der Waals surface area contributed by atoms with E-state index in [1.165, 1.54) is 0 Å². The van der Waals surface area contributed by atoms with Gasteiger partial charge >= 0.3 is 0 Å². The first kappa shape index (κ1) is 10.7. The molecule has 0 bridgehead atoms. The quantitative estimate of drug-likeness (QED) is 0.737. The van der Waals surface area contributed by atoms with Gasteiger partial charge in [-0.25, -0.2) is 0 Å². The van der Waals surface area contributed by atoms with Gasteiger partial charge in [0.25, 0.3) is 5.91 Å². The van der Waals surface area contributed by atoms with E-state index in [1.54, 1.807) is 17.0 Å². The van der Waals surface area contributed by atoms with Gasteiger partial charge in [0.1, 0.15) is 0 Å². The van der Waals surface area contributed by atoms with Gasteiger partial charge in [0, 0.05) is 12.1 Å². The second kappa shape index (κ2) is 4.77. The van der Waals surface area contributed by atoms with Crippen molar-refractivity contribution in [3.8, 4) is 0 Å². The average molecular weight is 192 g/mol. The highest BCUT2D eigenvalue weighted by molar-refractivity contribution is 5.94. The van der Waals surface area contributed by atoms with Gasteiger partial charge in [0.15, 0.2) is 0 Å². The molecule has 0 aliphatic heterocycles. The Hall–Kier alpha value is -1.35. The average Bonchev–Trinajstić information content (AvgIpc) is 2.19. The topological polar surface area (TPSA) is 46.3 Å². The van der Waals surface area contributed by atoms with E-state index >= 15 is 0 Å². The van der Waals surface area contributed by atoms with Crippen LogP contribution < -0.4 is 5.73 Å². The van der Waals surface area contributed by atoms with Gasteiger partial charge < -0.3 is 10.6 Å². The van der Waals surface area contributed by atoms with E-state index in [2.05, 4.69) is 0 Å². The summed E-state index contributed by atoms with van der Waals surface area (Å²) in [6.07, 6.45) is -0.243. The summed E-state index contributed by atoms with van der Waals surface area (Å²) < 4.78 is 0. The fourth-order valence-corrected chi connectivity index (χ4v) is 1.36. The lowest BCUT2D eigenvalue weighted by molar-refractivity contribution is 0.0708. The van der Waals surface area contributed by atoms with Crippen LogP contribution in [0.15, 0.2) is 30.3 Å². The predicted molar refractivity (Wildman–Crippen MR) is 56.8 cm³/mol. The van der Waals surface area contributed by atoms with Gasteiger partial charge in [-0.05, 0) is 26.0 Å². The third kappa shape index (κ3) is 2.33. The molecule has 1 amide bonds. The minimum atomic E-state index is -0.243. The monoisotopic (exact) mass is 192 g/mol. The summed E-state index contributed by atoms with van der Waals surface area (Å²) >= 11 is 0. The van der Waals surface area contributed by atoms with Crippen LogP contribution in [0.5, 0.6) is 0 Å². The molecule has 0 saturated heterocycles. The van der Waals surface area contributed by atoms with E-state index in [4.69, 9.17) is 5.73 Å². The van der Waals surface area contributed by atoms with Crippen LogP contribution in [-0.2, 0) is 0 Å². The maximum atomic E-state index is 11.9. The number of nitrogens with zero attached hydrogens (tertiary/aromatic N) is 1. The second-order valence-electron chi connectivity index (χ2n) is 3.20. The molecule has 1 atom stereocenters. The molecule has 76 valence electrons. The summed E-state index contributed by atoms with van der Waals surface area (Å²) in [6, 6.07) is 9.18. The lowest BCUT2D eigenvalue weighted by Gasteiger charge is -2.24. The molecule has 0 aliphatic carbocycles. The third-order valence-electron chi connectivity index (χ3n) is 2.11. The molecule has 1 aromatic rings. The Bertz CT molecular complexity index is 295. The molecule has 0 heterocycles. The Balaban J connectivity index is 2.84. The molecule has 1 aromatic carbocycles. The number of hydrogen-bond acceptors (Lipinski definition) is 2. The number of rotatable bonds is 3. The number of carbonyl (C=O) groups excluding carboxylic acids is 1. The van der Waals surface area contributed by atoms with E-state index in [1.807, 2.05) is 32.0 Å². The smallest absolute Gasteiger partial charge is 0.255 e. The highest BCUT2D eigenvalue weighted by atomic mass is 16.2. The zero-order valence-electron chi connectivity index (χ0n) is 8.60. The van der Waals surface area contributed by atoms with Crippen molar-refractivity contribution in [1.82, 2.24) is 4.90 Å². The first-order valence-electron chi connectivity index (χ1n) is 4.78. The van der Waals surface area contributed by atoms with E-state index in [9.17, 15) is 4.79 Å². The van der Waals surface area contributed by atoms with Crippen molar-refractivity contribution in [3.63, 3.8) is 0 Å². The summed E-state index contributed by atoms with van der Waals surface area (Å²) in [5.74, 6) is -0.0110. The Kier molecular flexibility index (Phi) is 3.65. The number of amides is 1. The van der Waals surface area contributed by atoms with Gasteiger partial charge in [0.05, 0.1) is 6.17 Å². The molecule has 0 spiro atoms. The van der Waals surface area contributed by atoms with Gasteiger partial charge in [0.2, 0.25) is 0 Å². The highest BCUT2D eigenvalue weighted by Gasteiger charge is 2.16. The van der Waals surface area contributed by atoms with Crippen molar-refractivity contribution in [2.75, 3.05) is 6.54 Å². The van der Waals surface area contributed by atoms with Crippen LogP contribution in [-0.4, -0.2) is 23.5 Å². The van der Waals surface area contributed by atoms with Crippen molar-refractivity contribution in [2.45, 2.75) is 20.0 Å². The molecule has 14 heavy (non-hydrogen) atoms. The van der Waals surface area contributed by atoms with Crippen LogP contribution in [0.1, 0.15) is 24.2 Å². The molecule has 0 aromatic heterocycles. The van der Waals surface area contributed by atoms with Gasteiger partial charge in [-0.1, -0.05) is 18.2 Å². The zero-order valence-corrected chi connectivity index (χ0v) is 8.60. The van der Waals surface area contributed by atoms with Crippen LogP contribution in [0.3, 0.4) is 0 Å². The van der Waals surface area contributed by atoms with Crippen molar-refractivity contribution >= 4 is 5.91 Å². The highest BCUT2D eigenvalue weighted by Crippen LogP contribution is 2.05. The summed E-state index contributed by atoms with van der Waals surface area (Å²) in [6.45, 7) is 4.36. The van der Waals surface area contributed by atoms with E-state index < -0.39 is 0 Å². The summed E-state index contributed by atoms with van der Waals surface area (Å²) in [5, 5.41) is 0. The Morgan fingerprint density at radius 3 is 2.43 bits per heavy atom. The van der Waals surface area contributed by atoms with Gasteiger partial charge in [-0.2, -0.15) is 0 Å². The van der Waals surface area contributed by atoms with Crippen molar-refractivity contribution < 1.29 is 4.79 Å². The van der Waals surface area contributed by atoms with Crippen LogP contribution in [0.4, 0.5) is 0 Å². The lowest BCUT2D eigenvalue weighted by atomic mass is 10.2. The third-order valence-corrected chi connectivity index (χ3v) is 2.11. The van der Waals surface area contributed by atoms with Crippen LogP contribution in [0.2, 0.25) is 0 Å². The van der Waals surface area contributed by atoms with Crippen LogP contribution in [0.25, 0.3) is 0 Å². The molecule has 1 unspecified atom stereocenters. The zero-order chi connectivity index (χ0) is 10.6. The van der Waals surface area contributed by atoms with Crippen molar-refractivity contribution in [3.05, 3.63) is 35.9 Å². The minimum absolute atomic E-state index is 0.0110. The van der Waals surface area contributed by atoms with E-state index in [0.717, 1.165) is 0 Å². The molecule has 3 heteroatoms. The van der Waals surface area contributed by atoms with Crippen LogP contribution in [0, 0.1) is 0 Å². The number of carbonyl (C=O) groups is 1. The molecule has 3 nitrogen and oxygen atoms in total. The molecule has 0 radical (unpaired) electrons. The first-order chi connectivity index (χ1) is 6.66. The standard InChI is InChI=1S/C11H16N2O/c1-3-13(9(2)12)11(14)10-7-5-4-6-8-10/h4-9H,3,12H2,1-2H3. The molecular weight excluding hydrogens is 176 g/mol. The van der Waals surface area contributed by atoms with Crippen LogP contribution >= 0.6 is 0 Å². The summed E-state index contributed by atoms with van der Waals surface area (Å²) in [7, 11) is 0. The number of benzene rings is 1. The largest absolute Gasteiger partial charge is 0.324 e. The van der Waals surface area contributed by atoms with Crippen molar-refractivity contribution in [2.24, 2.45) is 5.73 Å². The minimum Gasteiger partial charge on any atom is -0.324 e. The number of hydrogen-bond donors (Lipinski definition) is 1. The Labute approximate surface area is 84.5 Å². The molecule has 0 saturated carbocycles. The molecule has 1 rings (SSSR count). The van der Waals surface area contributed by atoms with Crippen molar-refractivity contribution in [1.29, 1.82) is 0 Å². The fraction of sp³-hybridized carbons (Fsp3) is 0.364. The summed E-state index contributed by atoms with van der Waals surface area (Å²) in [5.41, 5.74) is 6.38. The van der Waals surface area contributed by atoms with Gasteiger partial charge in [-0.15, -0.1) is 0 Å². The van der Waals surface area contributed by atoms with E-state index in [0.29, 0.717) is 12.1 Å². The first-order valence-corrected chi connectivity index (χ1v) is 4.78. The maximum Gasteiger partial charge on any atom is 0.255 e. The fourth-order valence-electron chi connectivity index (χ4n) is 1.36. The maximum absolute atomic E-state index is 11.9. The Morgan fingerprint density at radius 2 is 2.00 bits per heavy atom. The number of nitrogens with two attached hydrogens (primary N) is 1. The molecular formula is C11H16N2O. The molecule has 0 fully saturated rings. The van der Waals surface area contributed by atoms with Gasteiger partial charge in [-0.3, -0.25) is 4.79 Å². The lowest BCUT2D eigenvalue weighted by Crippen LogP contribution is -2.43. The van der Waals surface area contributed by atoms with E-state index in [-0.39, 0.29) is 12.1 Å². The normalized spacial score (nSPS) is 12.2. The molecule has 0 aliphatic rings. The second-order valence-corrected chi connectivity index (χ2v) is 3.20. The predicted octanol–water partition coefficient (Wildman–Crippen LogP) is 1.45. The summed E-state index contributed by atoms with van der Waals surface area (Å²) in [4.78, 5) is 13.5. The molecule has 2 N–H and O–H groups in total. The SMILES string of the molecule is CCN(C(=O)c1ccccc1)C(C)N.